The lowest BCUT2D eigenvalue weighted by molar-refractivity contribution is 0.131. The number of rotatable bonds is 4. The molecule has 3 rings (SSSR count). The van der Waals surface area contributed by atoms with E-state index in [1.165, 1.54) is 42.9 Å². The lowest BCUT2D eigenvalue weighted by Crippen LogP contribution is -2.46. The lowest BCUT2D eigenvalue weighted by atomic mass is 9.95. The van der Waals surface area contributed by atoms with Crippen LogP contribution in [0.2, 0.25) is 0 Å². The number of hydrogen-bond acceptors (Lipinski definition) is 3. The van der Waals surface area contributed by atoms with E-state index in [1.54, 1.807) is 0 Å². The highest BCUT2D eigenvalue weighted by molar-refractivity contribution is 5.22. The highest BCUT2D eigenvalue weighted by Gasteiger charge is 2.38. The maximum atomic E-state index is 4.96. The van der Waals surface area contributed by atoms with Gasteiger partial charge in [0, 0.05) is 43.2 Å². The maximum Gasteiger partial charge on any atom is 0.111 e. The molecule has 0 spiro atoms. The van der Waals surface area contributed by atoms with Crippen molar-refractivity contribution in [3.8, 4) is 0 Å². The average molecular weight is 290 g/mol. The van der Waals surface area contributed by atoms with Crippen LogP contribution in [0.15, 0.2) is 0 Å². The van der Waals surface area contributed by atoms with Crippen LogP contribution in [0.4, 0.5) is 0 Å². The molecule has 0 radical (unpaired) electrons. The summed E-state index contributed by atoms with van der Waals surface area (Å²) in [4.78, 5) is 7.43. The van der Waals surface area contributed by atoms with Crippen molar-refractivity contribution in [2.75, 3.05) is 20.6 Å². The predicted molar refractivity (Wildman–Crippen MR) is 86.6 cm³/mol. The van der Waals surface area contributed by atoms with Crippen molar-refractivity contribution >= 4 is 0 Å². The zero-order chi connectivity index (χ0) is 15.0. The third-order valence-corrected chi connectivity index (χ3v) is 5.47. The average Bonchev–Trinajstić information content (AvgIpc) is 3.05. The van der Waals surface area contributed by atoms with E-state index in [-0.39, 0.29) is 0 Å². The molecule has 0 unspecified atom stereocenters. The number of imidazole rings is 1. The van der Waals surface area contributed by atoms with Gasteiger partial charge in [-0.25, -0.2) is 4.98 Å². The molecule has 0 aromatic carbocycles. The van der Waals surface area contributed by atoms with Gasteiger partial charge >= 0.3 is 0 Å². The Bertz CT molecular complexity index is 495. The van der Waals surface area contributed by atoms with Crippen LogP contribution in [0.5, 0.6) is 0 Å². The van der Waals surface area contributed by atoms with Crippen LogP contribution in [0, 0.1) is 0 Å². The number of nitrogens with one attached hydrogen (secondary N) is 1. The van der Waals surface area contributed by atoms with Crippen molar-refractivity contribution in [3.05, 3.63) is 17.2 Å². The molecule has 2 aliphatic rings. The van der Waals surface area contributed by atoms with E-state index < -0.39 is 0 Å². The van der Waals surface area contributed by atoms with Gasteiger partial charge in [-0.05, 0) is 26.9 Å². The van der Waals surface area contributed by atoms with Crippen LogP contribution in [0.25, 0.3) is 0 Å². The molecule has 1 N–H and O–H groups in total. The topological polar surface area (TPSA) is 33.1 Å². The molecule has 0 atom stereocenters. The second-order valence-corrected chi connectivity index (χ2v) is 7.36. The Hall–Kier alpha value is -0.870. The molecule has 0 saturated heterocycles. The molecule has 4 heteroatoms. The molecule has 1 aromatic rings. The van der Waals surface area contributed by atoms with Gasteiger partial charge in [0.2, 0.25) is 0 Å². The molecule has 1 saturated carbocycles. The van der Waals surface area contributed by atoms with E-state index >= 15 is 0 Å². The quantitative estimate of drug-likeness (QED) is 0.925. The zero-order valence-electron chi connectivity index (χ0n) is 14.1. The minimum absolute atomic E-state index is 0.336. The summed E-state index contributed by atoms with van der Waals surface area (Å²) in [5, 5.41) is 3.46. The van der Waals surface area contributed by atoms with Gasteiger partial charge in [0.05, 0.1) is 5.69 Å². The van der Waals surface area contributed by atoms with Crippen LogP contribution < -0.4 is 5.32 Å². The third kappa shape index (κ3) is 2.64. The second-order valence-electron chi connectivity index (χ2n) is 7.36. The fraction of sp³-hybridized carbons (Fsp3) is 0.824. The zero-order valence-corrected chi connectivity index (χ0v) is 14.1. The van der Waals surface area contributed by atoms with Gasteiger partial charge in [-0.1, -0.05) is 26.7 Å². The fourth-order valence-electron chi connectivity index (χ4n) is 4.08. The molecule has 2 heterocycles. The first-order chi connectivity index (χ1) is 10.0. The molecule has 21 heavy (non-hydrogen) atoms. The lowest BCUT2D eigenvalue weighted by Gasteiger charge is -2.38. The Balaban J connectivity index is 1.98. The molecule has 1 aliphatic carbocycles. The number of fused-ring (bicyclic) bond motifs is 1. The summed E-state index contributed by atoms with van der Waals surface area (Å²) in [6, 6.07) is 0. The first-order valence-corrected chi connectivity index (χ1v) is 8.50. The van der Waals surface area contributed by atoms with Crippen molar-refractivity contribution < 1.29 is 0 Å². The van der Waals surface area contributed by atoms with Crippen molar-refractivity contribution in [1.29, 1.82) is 0 Å². The van der Waals surface area contributed by atoms with Crippen molar-refractivity contribution in [2.24, 2.45) is 0 Å². The monoisotopic (exact) mass is 290 g/mol. The van der Waals surface area contributed by atoms with E-state index in [9.17, 15) is 0 Å². The molecule has 0 bridgehead atoms. The van der Waals surface area contributed by atoms with Gasteiger partial charge in [0.1, 0.15) is 5.82 Å². The number of hydrogen-bond donors (Lipinski definition) is 1. The van der Waals surface area contributed by atoms with E-state index in [2.05, 4.69) is 42.7 Å². The maximum absolute atomic E-state index is 4.96. The summed E-state index contributed by atoms with van der Waals surface area (Å²) in [5.74, 6) is 1.79. The standard InChI is InChI=1S/C17H30N4/c1-13(2)16-19-14-11-18-10-7-15(14)21(16)12-17(20(3)4)8-5-6-9-17/h13,18H,5-12H2,1-4H3. The summed E-state index contributed by atoms with van der Waals surface area (Å²) >= 11 is 0. The SMILES string of the molecule is CC(C)c1nc2c(n1CC1(N(C)C)CCCC1)CCNC2. The van der Waals surface area contributed by atoms with Crippen LogP contribution in [0.3, 0.4) is 0 Å². The Morgan fingerprint density at radius 3 is 2.62 bits per heavy atom. The van der Waals surface area contributed by atoms with E-state index in [0.29, 0.717) is 11.5 Å². The third-order valence-electron chi connectivity index (χ3n) is 5.47. The predicted octanol–water partition coefficient (Wildman–Crippen LogP) is 2.53. The smallest absolute Gasteiger partial charge is 0.111 e. The molecule has 1 aromatic heterocycles. The minimum Gasteiger partial charge on any atom is -0.330 e. The number of nitrogens with zero attached hydrogens (tertiary/aromatic N) is 3. The molecule has 1 aliphatic heterocycles. The van der Waals surface area contributed by atoms with Crippen LogP contribution >= 0.6 is 0 Å². The molecule has 118 valence electrons. The fourth-order valence-corrected chi connectivity index (χ4v) is 4.08. The summed E-state index contributed by atoms with van der Waals surface area (Å²) in [5.41, 5.74) is 3.12. The summed E-state index contributed by atoms with van der Waals surface area (Å²) < 4.78 is 2.58. The summed E-state index contributed by atoms with van der Waals surface area (Å²) in [6.45, 7) is 7.70. The minimum atomic E-state index is 0.336. The molecule has 0 amide bonds. The van der Waals surface area contributed by atoms with Crippen molar-refractivity contribution in [2.45, 2.75) is 70.5 Å². The van der Waals surface area contributed by atoms with Gasteiger partial charge in [-0.15, -0.1) is 0 Å². The summed E-state index contributed by atoms with van der Waals surface area (Å²) in [7, 11) is 4.51. The largest absolute Gasteiger partial charge is 0.330 e. The van der Waals surface area contributed by atoms with Crippen LogP contribution in [-0.2, 0) is 19.5 Å². The molecular formula is C17H30N4. The van der Waals surface area contributed by atoms with Gasteiger partial charge < -0.3 is 14.8 Å². The highest BCUT2D eigenvalue weighted by atomic mass is 15.2. The summed E-state index contributed by atoms with van der Waals surface area (Å²) in [6.07, 6.45) is 6.51. The molecule has 1 fully saturated rings. The number of likely N-dealkylation sites (N-methyl/N-ethyl adjacent to an activating group) is 1. The van der Waals surface area contributed by atoms with Gasteiger partial charge in [0.25, 0.3) is 0 Å². The molecular weight excluding hydrogens is 260 g/mol. The Kier molecular flexibility index (Phi) is 4.10. The van der Waals surface area contributed by atoms with Crippen molar-refractivity contribution in [1.82, 2.24) is 19.8 Å². The Morgan fingerprint density at radius 2 is 2.00 bits per heavy atom. The number of aromatic nitrogens is 2. The first-order valence-electron chi connectivity index (χ1n) is 8.50. The van der Waals surface area contributed by atoms with Crippen LogP contribution in [0.1, 0.15) is 62.7 Å². The van der Waals surface area contributed by atoms with Gasteiger partial charge in [-0.2, -0.15) is 0 Å². The van der Waals surface area contributed by atoms with Crippen molar-refractivity contribution in [3.63, 3.8) is 0 Å². The van der Waals surface area contributed by atoms with E-state index in [4.69, 9.17) is 4.98 Å². The first kappa shape index (κ1) is 15.0. The van der Waals surface area contributed by atoms with Gasteiger partial charge in [0.15, 0.2) is 0 Å². The Labute approximate surface area is 128 Å². The molecule has 4 nitrogen and oxygen atoms in total. The van der Waals surface area contributed by atoms with E-state index in [0.717, 1.165) is 26.1 Å². The second kappa shape index (κ2) is 5.73. The highest BCUT2D eigenvalue weighted by Crippen LogP contribution is 2.37. The van der Waals surface area contributed by atoms with Crippen LogP contribution in [-0.4, -0.2) is 40.6 Å². The normalized spacial score (nSPS) is 21.2. The Morgan fingerprint density at radius 1 is 1.29 bits per heavy atom. The van der Waals surface area contributed by atoms with Gasteiger partial charge in [-0.3, -0.25) is 0 Å². The van der Waals surface area contributed by atoms with E-state index in [1.807, 2.05) is 0 Å².